The molecule has 0 atom stereocenters. The molecule has 1 N–H and O–H groups in total. The molecular weight excluding hydrogens is 318 g/mol. The zero-order valence-electron chi connectivity index (χ0n) is 16.3. The van der Waals surface area contributed by atoms with Crippen LogP contribution < -0.4 is 0 Å². The lowest BCUT2D eigenvalue weighted by molar-refractivity contribution is 0.0181. The van der Waals surface area contributed by atoms with Crippen molar-refractivity contribution in [1.29, 1.82) is 0 Å². The summed E-state index contributed by atoms with van der Waals surface area (Å²) in [5.74, 6) is 0. The number of hydrogen-bond donors (Lipinski definition) is 1. The molecule has 2 aromatic carbocycles. The minimum Gasteiger partial charge on any atom is -0.385 e. The van der Waals surface area contributed by atoms with Crippen LogP contribution in [-0.2, 0) is 5.60 Å². The molecule has 0 fully saturated rings. The number of rotatable bonds is 6. The van der Waals surface area contributed by atoms with Crippen molar-refractivity contribution in [3.63, 3.8) is 0 Å². The molecule has 0 spiro atoms. The van der Waals surface area contributed by atoms with Crippen LogP contribution in [0.3, 0.4) is 0 Å². The van der Waals surface area contributed by atoms with E-state index in [2.05, 4.69) is 70.2 Å². The Morgan fingerprint density at radius 2 is 1.42 bits per heavy atom. The Balaban J connectivity index is 2.29. The molecule has 0 unspecified atom stereocenters. The lowest BCUT2D eigenvalue weighted by Crippen LogP contribution is -2.26. The fraction of sp³-hybridized carbons (Fsp3) is 0.375. The summed E-state index contributed by atoms with van der Waals surface area (Å²) in [5, 5.41) is 13.6. The number of pyridine rings is 1. The number of fused-ring (bicyclic) bond motifs is 1. The van der Waals surface area contributed by atoms with Gasteiger partial charge in [0.15, 0.2) is 0 Å². The normalized spacial score (nSPS) is 11.9. The molecule has 3 aromatic rings. The van der Waals surface area contributed by atoms with Crippen molar-refractivity contribution >= 4 is 10.8 Å². The first-order valence-corrected chi connectivity index (χ1v) is 9.69. The maximum atomic E-state index is 11.4. The fourth-order valence-electron chi connectivity index (χ4n) is 4.17. The van der Waals surface area contributed by atoms with Gasteiger partial charge in [0.25, 0.3) is 0 Å². The largest absolute Gasteiger partial charge is 0.385 e. The van der Waals surface area contributed by atoms with Gasteiger partial charge in [-0.15, -0.1) is 0 Å². The number of aryl methyl sites for hydroxylation is 2. The Morgan fingerprint density at radius 3 is 2.00 bits per heavy atom. The van der Waals surface area contributed by atoms with E-state index in [9.17, 15) is 5.11 Å². The first kappa shape index (κ1) is 18.6. The molecule has 0 saturated heterocycles. The number of nitrogens with zero attached hydrogens (tertiary/aromatic N) is 1. The van der Waals surface area contributed by atoms with Crippen LogP contribution >= 0.6 is 0 Å². The highest BCUT2D eigenvalue weighted by molar-refractivity contribution is 5.98. The van der Waals surface area contributed by atoms with Crippen molar-refractivity contribution in [2.75, 3.05) is 0 Å². The summed E-state index contributed by atoms with van der Waals surface area (Å²) in [7, 11) is 0. The first-order chi connectivity index (χ1) is 12.5. The summed E-state index contributed by atoms with van der Waals surface area (Å²) in [6.07, 6.45) is 5.33. The predicted octanol–water partition coefficient (Wildman–Crippen LogP) is 6.31. The number of benzene rings is 2. The molecule has 2 heteroatoms. The van der Waals surface area contributed by atoms with E-state index in [1.807, 2.05) is 6.20 Å². The Kier molecular flexibility index (Phi) is 5.43. The number of aromatic nitrogens is 1. The quantitative estimate of drug-likeness (QED) is 0.567. The molecule has 0 amide bonds. The van der Waals surface area contributed by atoms with Gasteiger partial charge in [0.2, 0.25) is 0 Å². The second-order valence-electron chi connectivity index (χ2n) is 7.36. The molecule has 3 rings (SSSR count). The van der Waals surface area contributed by atoms with E-state index in [1.54, 1.807) is 0 Å². The van der Waals surface area contributed by atoms with Gasteiger partial charge in [-0.2, -0.15) is 0 Å². The maximum absolute atomic E-state index is 11.4. The van der Waals surface area contributed by atoms with Crippen molar-refractivity contribution in [2.24, 2.45) is 0 Å². The second kappa shape index (κ2) is 7.59. The summed E-state index contributed by atoms with van der Waals surface area (Å²) in [4.78, 5) is 4.87. The summed E-state index contributed by atoms with van der Waals surface area (Å²) < 4.78 is 0. The van der Waals surface area contributed by atoms with Crippen LogP contribution in [0.1, 0.15) is 56.2 Å². The van der Waals surface area contributed by atoms with E-state index in [1.165, 1.54) is 16.7 Å². The topological polar surface area (TPSA) is 33.1 Å². The highest BCUT2D eigenvalue weighted by atomic mass is 16.3. The molecule has 136 valence electrons. The van der Waals surface area contributed by atoms with Crippen LogP contribution in [0.4, 0.5) is 0 Å². The van der Waals surface area contributed by atoms with Crippen molar-refractivity contribution in [3.05, 3.63) is 65.4 Å². The van der Waals surface area contributed by atoms with Crippen LogP contribution in [0.2, 0.25) is 0 Å². The van der Waals surface area contributed by atoms with Crippen LogP contribution in [0, 0.1) is 13.8 Å². The average molecular weight is 348 g/mol. The van der Waals surface area contributed by atoms with Gasteiger partial charge < -0.3 is 5.11 Å². The Hall–Kier alpha value is -2.19. The molecule has 0 saturated carbocycles. The van der Waals surface area contributed by atoms with Crippen molar-refractivity contribution < 1.29 is 5.11 Å². The first-order valence-electron chi connectivity index (χ1n) is 9.69. The summed E-state index contributed by atoms with van der Waals surface area (Å²) in [6, 6.07) is 14.7. The molecule has 0 aliphatic carbocycles. The zero-order valence-corrected chi connectivity index (χ0v) is 16.3. The molecule has 2 nitrogen and oxygen atoms in total. The molecule has 0 radical (unpaired) electrons. The van der Waals surface area contributed by atoms with E-state index in [0.717, 1.165) is 47.7 Å². The molecule has 1 aromatic heterocycles. The van der Waals surface area contributed by atoms with Crippen LogP contribution in [0.5, 0.6) is 0 Å². The van der Waals surface area contributed by atoms with Crippen molar-refractivity contribution in [1.82, 2.24) is 4.98 Å². The van der Waals surface area contributed by atoms with Gasteiger partial charge in [0.05, 0.1) is 11.3 Å². The highest BCUT2D eigenvalue weighted by Gasteiger charge is 2.30. The standard InChI is InChI=1S/C24H29NO/c1-5-14-24(26,15-6-2)21-16-25-23(20-13-8-7-12-19(20)21)22-17(3)10-9-11-18(22)4/h7-13,16,26H,5-6,14-15H2,1-4H3. The van der Waals surface area contributed by atoms with Crippen LogP contribution in [-0.4, -0.2) is 10.1 Å². The van der Waals surface area contributed by atoms with Gasteiger partial charge in [-0.25, -0.2) is 0 Å². The third kappa shape index (κ3) is 3.26. The molecule has 0 aliphatic heterocycles. The van der Waals surface area contributed by atoms with Crippen LogP contribution in [0.15, 0.2) is 48.7 Å². The minimum absolute atomic E-state index is 0.759. The van der Waals surface area contributed by atoms with E-state index < -0.39 is 5.60 Å². The van der Waals surface area contributed by atoms with Gasteiger partial charge in [-0.1, -0.05) is 69.2 Å². The monoisotopic (exact) mass is 347 g/mol. The van der Waals surface area contributed by atoms with Gasteiger partial charge >= 0.3 is 0 Å². The lowest BCUT2D eigenvalue weighted by Gasteiger charge is -2.29. The van der Waals surface area contributed by atoms with Crippen molar-refractivity contribution in [3.8, 4) is 11.3 Å². The molecular formula is C24H29NO. The lowest BCUT2D eigenvalue weighted by atomic mass is 9.83. The minimum atomic E-state index is -0.810. The van der Waals surface area contributed by atoms with Gasteiger partial charge in [0.1, 0.15) is 0 Å². The summed E-state index contributed by atoms with van der Waals surface area (Å²) >= 11 is 0. The third-order valence-corrected chi connectivity index (χ3v) is 5.34. The molecule has 26 heavy (non-hydrogen) atoms. The predicted molar refractivity (Wildman–Crippen MR) is 110 cm³/mol. The summed E-state index contributed by atoms with van der Waals surface area (Å²) in [5.41, 5.74) is 4.82. The zero-order chi connectivity index (χ0) is 18.7. The van der Waals surface area contributed by atoms with Crippen LogP contribution in [0.25, 0.3) is 22.0 Å². The highest BCUT2D eigenvalue weighted by Crippen LogP contribution is 2.39. The molecule has 1 heterocycles. The van der Waals surface area contributed by atoms with Gasteiger partial charge in [0, 0.05) is 22.7 Å². The van der Waals surface area contributed by atoms with Gasteiger partial charge in [-0.05, 0) is 43.2 Å². The van der Waals surface area contributed by atoms with Crippen molar-refractivity contribution in [2.45, 2.75) is 59.0 Å². The van der Waals surface area contributed by atoms with E-state index in [4.69, 9.17) is 4.98 Å². The Labute approximate surface area is 156 Å². The van der Waals surface area contributed by atoms with Gasteiger partial charge in [-0.3, -0.25) is 4.98 Å². The summed E-state index contributed by atoms with van der Waals surface area (Å²) in [6.45, 7) is 8.52. The SMILES string of the molecule is CCCC(O)(CCC)c1cnc(-c2c(C)cccc2C)c2ccccc12. The Morgan fingerprint density at radius 1 is 0.846 bits per heavy atom. The molecule has 0 aliphatic rings. The van der Waals surface area contributed by atoms with E-state index in [0.29, 0.717) is 0 Å². The Bertz CT molecular complexity index is 887. The second-order valence-corrected chi connectivity index (χ2v) is 7.36. The van der Waals surface area contributed by atoms with E-state index in [-0.39, 0.29) is 0 Å². The number of hydrogen-bond acceptors (Lipinski definition) is 2. The smallest absolute Gasteiger partial charge is 0.0917 e. The fourth-order valence-corrected chi connectivity index (χ4v) is 4.17. The maximum Gasteiger partial charge on any atom is 0.0917 e. The molecule has 0 bridgehead atoms. The average Bonchev–Trinajstić information content (AvgIpc) is 2.62. The van der Waals surface area contributed by atoms with E-state index >= 15 is 0 Å². The third-order valence-electron chi connectivity index (χ3n) is 5.34. The number of aliphatic hydroxyl groups is 1.